The lowest BCUT2D eigenvalue weighted by atomic mass is 10.2. The van der Waals surface area contributed by atoms with Gasteiger partial charge in [-0.1, -0.05) is 0 Å². The van der Waals surface area contributed by atoms with E-state index in [1.165, 1.54) is 0 Å². The summed E-state index contributed by atoms with van der Waals surface area (Å²) in [5, 5.41) is 2.07. The van der Waals surface area contributed by atoms with Crippen LogP contribution in [0.25, 0.3) is 0 Å². The molecule has 1 atom stereocenters. The van der Waals surface area contributed by atoms with E-state index >= 15 is 0 Å². The number of aromatic nitrogens is 3. The molecule has 3 rings (SSSR count). The van der Waals surface area contributed by atoms with Gasteiger partial charge in [-0.25, -0.2) is 9.97 Å². The molecule has 0 aliphatic carbocycles. The smallest absolute Gasteiger partial charge is 0.147 e. The molecule has 100 valence electrons. The summed E-state index contributed by atoms with van der Waals surface area (Å²) in [5.41, 5.74) is 9.53. The van der Waals surface area contributed by atoms with Gasteiger partial charge in [0.2, 0.25) is 0 Å². The average Bonchev–Trinajstić information content (AvgIpc) is 2.92. The molecule has 2 aromatic heterocycles. The number of morpholine rings is 1. The van der Waals surface area contributed by atoms with Gasteiger partial charge in [-0.15, -0.1) is 11.3 Å². The summed E-state index contributed by atoms with van der Waals surface area (Å²) in [6.07, 6.45) is 3.13. The molecule has 1 aliphatic rings. The second-order valence-corrected chi connectivity index (χ2v) is 5.12. The van der Waals surface area contributed by atoms with Crippen LogP contribution in [0.2, 0.25) is 0 Å². The molecule has 2 N–H and O–H groups in total. The molecule has 1 aliphatic heterocycles. The predicted octanol–water partition coefficient (Wildman–Crippen LogP) is 1.09. The number of rotatable bonds is 3. The molecule has 0 bridgehead atoms. The lowest BCUT2D eigenvalue weighted by Gasteiger charge is -2.32. The Bertz CT molecular complexity index is 533. The third kappa shape index (κ3) is 2.89. The van der Waals surface area contributed by atoms with Gasteiger partial charge < -0.3 is 10.5 Å². The molecule has 7 heteroatoms. The highest BCUT2D eigenvalue weighted by atomic mass is 32.1. The van der Waals surface area contributed by atoms with Gasteiger partial charge in [-0.05, 0) is 0 Å². The highest BCUT2D eigenvalue weighted by Crippen LogP contribution is 2.24. The van der Waals surface area contributed by atoms with Gasteiger partial charge in [-0.2, -0.15) is 0 Å². The molecule has 1 fully saturated rings. The van der Waals surface area contributed by atoms with Crippen molar-refractivity contribution < 1.29 is 4.74 Å². The minimum Gasteiger partial charge on any atom is -0.382 e. The van der Waals surface area contributed by atoms with Gasteiger partial charge in [0.05, 0.1) is 17.8 Å². The van der Waals surface area contributed by atoms with Crippen LogP contribution >= 0.6 is 11.3 Å². The summed E-state index contributed by atoms with van der Waals surface area (Å²) in [6.45, 7) is 3.17. The Morgan fingerprint density at radius 2 is 2.26 bits per heavy atom. The standard InChI is InChI=1S/C12H15N5OS/c13-12-11(14-1-2-15-12)10-6-17(3-4-18-10)5-9-7-19-8-16-9/h1-2,7-8,10H,3-6H2,(H2,13,15). The Morgan fingerprint density at radius 3 is 3.05 bits per heavy atom. The van der Waals surface area contributed by atoms with E-state index in [9.17, 15) is 0 Å². The minimum atomic E-state index is -0.110. The van der Waals surface area contributed by atoms with Crippen molar-refractivity contribution in [2.45, 2.75) is 12.6 Å². The first kappa shape index (κ1) is 12.5. The number of hydrogen-bond donors (Lipinski definition) is 1. The van der Waals surface area contributed by atoms with Crippen LogP contribution in [0.3, 0.4) is 0 Å². The Labute approximate surface area is 115 Å². The van der Waals surface area contributed by atoms with Crippen LogP contribution in [0.15, 0.2) is 23.3 Å². The molecular weight excluding hydrogens is 262 g/mol. The van der Waals surface area contributed by atoms with Gasteiger partial charge in [0.15, 0.2) is 0 Å². The van der Waals surface area contributed by atoms with E-state index in [4.69, 9.17) is 10.5 Å². The molecule has 2 aromatic rings. The van der Waals surface area contributed by atoms with Crippen molar-refractivity contribution in [2.75, 3.05) is 25.4 Å². The molecule has 0 amide bonds. The Kier molecular flexibility index (Phi) is 3.67. The van der Waals surface area contributed by atoms with Gasteiger partial charge in [0, 0.05) is 37.4 Å². The number of thiazole rings is 1. The van der Waals surface area contributed by atoms with Crippen molar-refractivity contribution in [1.82, 2.24) is 19.9 Å². The third-order valence-corrected chi connectivity index (χ3v) is 3.72. The summed E-state index contributed by atoms with van der Waals surface area (Å²) in [7, 11) is 0. The summed E-state index contributed by atoms with van der Waals surface area (Å²) >= 11 is 1.62. The van der Waals surface area contributed by atoms with Crippen LogP contribution in [0.4, 0.5) is 5.82 Å². The van der Waals surface area contributed by atoms with Crippen molar-refractivity contribution in [3.63, 3.8) is 0 Å². The van der Waals surface area contributed by atoms with E-state index in [2.05, 4.69) is 25.2 Å². The molecule has 0 aromatic carbocycles. The van der Waals surface area contributed by atoms with E-state index in [-0.39, 0.29) is 6.10 Å². The van der Waals surface area contributed by atoms with E-state index in [1.54, 1.807) is 23.7 Å². The van der Waals surface area contributed by atoms with Crippen molar-refractivity contribution in [3.05, 3.63) is 34.7 Å². The molecular formula is C12H15N5OS. The van der Waals surface area contributed by atoms with Crippen molar-refractivity contribution in [2.24, 2.45) is 0 Å². The van der Waals surface area contributed by atoms with E-state index < -0.39 is 0 Å². The summed E-state index contributed by atoms with van der Waals surface area (Å²) < 4.78 is 5.75. The summed E-state index contributed by atoms with van der Waals surface area (Å²) in [5.74, 6) is 0.447. The summed E-state index contributed by atoms with van der Waals surface area (Å²) in [6, 6.07) is 0. The number of hydrogen-bond acceptors (Lipinski definition) is 7. The monoisotopic (exact) mass is 277 g/mol. The van der Waals surface area contributed by atoms with Crippen LogP contribution in [0.5, 0.6) is 0 Å². The topological polar surface area (TPSA) is 77.2 Å². The molecule has 1 saturated heterocycles. The minimum absolute atomic E-state index is 0.110. The SMILES string of the molecule is Nc1nccnc1C1CN(Cc2cscn2)CCO1. The molecule has 19 heavy (non-hydrogen) atoms. The molecule has 6 nitrogen and oxygen atoms in total. The second-order valence-electron chi connectivity index (χ2n) is 4.40. The van der Waals surface area contributed by atoms with Crippen molar-refractivity contribution in [3.8, 4) is 0 Å². The average molecular weight is 277 g/mol. The highest BCUT2D eigenvalue weighted by Gasteiger charge is 2.25. The maximum Gasteiger partial charge on any atom is 0.147 e. The van der Waals surface area contributed by atoms with Gasteiger partial charge in [0.1, 0.15) is 17.6 Å². The number of anilines is 1. The lowest BCUT2D eigenvalue weighted by molar-refractivity contribution is -0.0350. The zero-order valence-electron chi connectivity index (χ0n) is 10.4. The number of nitrogens with zero attached hydrogens (tertiary/aromatic N) is 4. The molecule has 1 unspecified atom stereocenters. The van der Waals surface area contributed by atoms with Crippen LogP contribution in [-0.4, -0.2) is 39.5 Å². The normalized spacial score (nSPS) is 20.5. The predicted molar refractivity (Wildman–Crippen MR) is 72.5 cm³/mol. The van der Waals surface area contributed by atoms with Gasteiger partial charge >= 0.3 is 0 Å². The van der Waals surface area contributed by atoms with Gasteiger partial charge in [-0.3, -0.25) is 9.88 Å². The number of nitrogen functional groups attached to an aromatic ring is 1. The van der Waals surface area contributed by atoms with E-state index in [1.807, 2.05) is 5.51 Å². The van der Waals surface area contributed by atoms with E-state index in [0.717, 1.165) is 31.0 Å². The largest absolute Gasteiger partial charge is 0.382 e. The fraction of sp³-hybridized carbons (Fsp3) is 0.417. The Morgan fingerprint density at radius 1 is 1.37 bits per heavy atom. The van der Waals surface area contributed by atoms with Crippen molar-refractivity contribution >= 4 is 17.2 Å². The van der Waals surface area contributed by atoms with Crippen LogP contribution in [0.1, 0.15) is 17.5 Å². The zero-order chi connectivity index (χ0) is 13.1. The highest BCUT2D eigenvalue weighted by molar-refractivity contribution is 7.07. The first-order chi connectivity index (χ1) is 9.33. The Balaban J connectivity index is 1.70. The quantitative estimate of drug-likeness (QED) is 0.905. The fourth-order valence-corrected chi connectivity index (χ4v) is 2.71. The first-order valence-electron chi connectivity index (χ1n) is 6.10. The maximum absolute atomic E-state index is 5.85. The molecule has 0 radical (unpaired) electrons. The molecule has 0 saturated carbocycles. The second kappa shape index (κ2) is 5.60. The zero-order valence-corrected chi connectivity index (χ0v) is 11.2. The molecule has 0 spiro atoms. The van der Waals surface area contributed by atoms with Crippen LogP contribution in [-0.2, 0) is 11.3 Å². The Hall–Kier alpha value is -1.57. The fourth-order valence-electron chi connectivity index (χ4n) is 2.16. The van der Waals surface area contributed by atoms with Crippen molar-refractivity contribution in [1.29, 1.82) is 0 Å². The maximum atomic E-state index is 5.85. The first-order valence-corrected chi connectivity index (χ1v) is 7.04. The third-order valence-electron chi connectivity index (χ3n) is 3.08. The number of nitrogens with two attached hydrogens (primary N) is 1. The lowest BCUT2D eigenvalue weighted by Crippen LogP contribution is -2.38. The summed E-state index contributed by atoms with van der Waals surface area (Å²) in [4.78, 5) is 15.0. The molecule has 3 heterocycles. The van der Waals surface area contributed by atoms with Gasteiger partial charge in [0.25, 0.3) is 0 Å². The van der Waals surface area contributed by atoms with Crippen LogP contribution in [0, 0.1) is 0 Å². The van der Waals surface area contributed by atoms with E-state index in [0.29, 0.717) is 12.4 Å². The van der Waals surface area contributed by atoms with Crippen LogP contribution < -0.4 is 5.73 Å². The number of ether oxygens (including phenoxy) is 1.